The number of carbonyl (C=O) groups is 2. The number of carboxylic acid groups (broad SMARTS) is 1. The standard InChI is InChI=1S/C12H13NO4/c14-11(15)8-9-3-1-4-10(7-9)13-5-2-6-17-12(13)16/h1,3-4,7H,2,5-6,8H2,(H,14,15). The van der Waals surface area contributed by atoms with Crippen LogP contribution >= 0.6 is 0 Å². The monoisotopic (exact) mass is 235 g/mol. The minimum atomic E-state index is -0.886. The van der Waals surface area contributed by atoms with Crippen LogP contribution in [0.4, 0.5) is 10.5 Å². The number of anilines is 1. The zero-order chi connectivity index (χ0) is 12.3. The molecule has 17 heavy (non-hydrogen) atoms. The minimum absolute atomic E-state index is 0.0449. The summed E-state index contributed by atoms with van der Waals surface area (Å²) < 4.78 is 4.94. The molecule has 1 heterocycles. The van der Waals surface area contributed by atoms with E-state index in [1.165, 1.54) is 4.90 Å². The summed E-state index contributed by atoms with van der Waals surface area (Å²) in [6.07, 6.45) is 0.370. The van der Waals surface area contributed by atoms with Crippen LogP contribution < -0.4 is 4.90 Å². The van der Waals surface area contributed by atoms with E-state index in [9.17, 15) is 9.59 Å². The molecule has 1 saturated heterocycles. The Balaban J connectivity index is 2.19. The lowest BCUT2D eigenvalue weighted by molar-refractivity contribution is -0.136. The average Bonchev–Trinajstić information content (AvgIpc) is 2.29. The van der Waals surface area contributed by atoms with Crippen LogP contribution in [0, 0.1) is 0 Å². The van der Waals surface area contributed by atoms with E-state index >= 15 is 0 Å². The van der Waals surface area contributed by atoms with Gasteiger partial charge >= 0.3 is 12.1 Å². The number of hydrogen-bond acceptors (Lipinski definition) is 3. The van der Waals surface area contributed by atoms with E-state index in [-0.39, 0.29) is 12.5 Å². The van der Waals surface area contributed by atoms with Crippen molar-refractivity contribution in [1.82, 2.24) is 0 Å². The number of ether oxygens (including phenoxy) is 1. The molecule has 0 unspecified atom stereocenters. The van der Waals surface area contributed by atoms with Gasteiger partial charge in [0.1, 0.15) is 0 Å². The van der Waals surface area contributed by atoms with Crippen LogP contribution in [0.15, 0.2) is 24.3 Å². The van der Waals surface area contributed by atoms with E-state index in [1.807, 2.05) is 0 Å². The Kier molecular flexibility index (Phi) is 3.27. The summed E-state index contributed by atoms with van der Waals surface area (Å²) in [5.74, 6) is -0.886. The van der Waals surface area contributed by atoms with Crippen LogP contribution in [0.3, 0.4) is 0 Å². The highest BCUT2D eigenvalue weighted by molar-refractivity contribution is 5.88. The number of amides is 1. The quantitative estimate of drug-likeness (QED) is 0.865. The molecular formula is C12H13NO4. The summed E-state index contributed by atoms with van der Waals surface area (Å²) in [5.41, 5.74) is 1.36. The van der Waals surface area contributed by atoms with Crippen molar-refractivity contribution < 1.29 is 19.4 Å². The van der Waals surface area contributed by atoms with E-state index in [0.29, 0.717) is 24.4 Å². The maximum atomic E-state index is 11.5. The predicted octanol–water partition coefficient (Wildman–Crippen LogP) is 1.66. The molecule has 5 nitrogen and oxygen atoms in total. The van der Waals surface area contributed by atoms with Gasteiger partial charge in [-0.05, 0) is 24.1 Å². The summed E-state index contributed by atoms with van der Waals surface area (Å²) in [6, 6.07) is 6.96. The molecular weight excluding hydrogens is 222 g/mol. The Labute approximate surface area is 98.6 Å². The fourth-order valence-electron chi connectivity index (χ4n) is 1.79. The van der Waals surface area contributed by atoms with Gasteiger partial charge in [0, 0.05) is 12.2 Å². The van der Waals surface area contributed by atoms with Gasteiger partial charge in [0.25, 0.3) is 0 Å². The molecule has 5 heteroatoms. The molecule has 0 bridgehead atoms. The van der Waals surface area contributed by atoms with Crippen molar-refractivity contribution in [2.75, 3.05) is 18.1 Å². The van der Waals surface area contributed by atoms with Crippen molar-refractivity contribution >= 4 is 17.7 Å². The molecule has 0 aromatic heterocycles. The van der Waals surface area contributed by atoms with Crippen molar-refractivity contribution in [1.29, 1.82) is 0 Å². The molecule has 0 radical (unpaired) electrons. The van der Waals surface area contributed by atoms with Crippen LogP contribution in [0.2, 0.25) is 0 Å². The third-order valence-corrected chi connectivity index (χ3v) is 2.55. The Morgan fingerprint density at radius 3 is 3.00 bits per heavy atom. The third-order valence-electron chi connectivity index (χ3n) is 2.55. The summed E-state index contributed by atoms with van der Waals surface area (Å²) >= 11 is 0. The van der Waals surface area contributed by atoms with E-state index < -0.39 is 5.97 Å². The minimum Gasteiger partial charge on any atom is -0.481 e. The number of rotatable bonds is 3. The maximum Gasteiger partial charge on any atom is 0.414 e. The zero-order valence-electron chi connectivity index (χ0n) is 9.26. The molecule has 2 rings (SSSR count). The van der Waals surface area contributed by atoms with Crippen molar-refractivity contribution in [2.45, 2.75) is 12.8 Å². The lowest BCUT2D eigenvalue weighted by atomic mass is 10.1. The SMILES string of the molecule is O=C(O)Cc1cccc(N2CCCOC2=O)c1. The van der Waals surface area contributed by atoms with Crippen LogP contribution in [-0.2, 0) is 16.0 Å². The van der Waals surface area contributed by atoms with Gasteiger partial charge in [0.05, 0.1) is 13.0 Å². The van der Waals surface area contributed by atoms with Crippen molar-refractivity contribution in [2.24, 2.45) is 0 Å². The van der Waals surface area contributed by atoms with Crippen LogP contribution in [0.25, 0.3) is 0 Å². The lowest BCUT2D eigenvalue weighted by Crippen LogP contribution is -2.37. The van der Waals surface area contributed by atoms with Crippen molar-refractivity contribution in [3.05, 3.63) is 29.8 Å². The predicted molar refractivity (Wildman–Crippen MR) is 61.1 cm³/mol. The van der Waals surface area contributed by atoms with Gasteiger partial charge in [-0.1, -0.05) is 12.1 Å². The Hall–Kier alpha value is -2.04. The molecule has 1 aliphatic heterocycles. The van der Waals surface area contributed by atoms with Gasteiger partial charge in [-0.3, -0.25) is 9.69 Å². The Morgan fingerprint density at radius 1 is 1.47 bits per heavy atom. The van der Waals surface area contributed by atoms with E-state index in [0.717, 1.165) is 6.42 Å². The topological polar surface area (TPSA) is 66.8 Å². The number of cyclic esters (lactones) is 1. The number of benzene rings is 1. The van der Waals surface area contributed by atoms with E-state index in [2.05, 4.69) is 0 Å². The molecule has 0 atom stereocenters. The lowest BCUT2D eigenvalue weighted by Gasteiger charge is -2.26. The Morgan fingerprint density at radius 2 is 2.29 bits per heavy atom. The molecule has 0 aliphatic carbocycles. The number of nitrogens with zero attached hydrogens (tertiary/aromatic N) is 1. The van der Waals surface area contributed by atoms with Gasteiger partial charge in [0.2, 0.25) is 0 Å². The molecule has 1 fully saturated rings. The van der Waals surface area contributed by atoms with Crippen LogP contribution in [0.5, 0.6) is 0 Å². The van der Waals surface area contributed by atoms with Gasteiger partial charge < -0.3 is 9.84 Å². The molecule has 1 N–H and O–H groups in total. The van der Waals surface area contributed by atoms with Gasteiger partial charge in [-0.2, -0.15) is 0 Å². The maximum absolute atomic E-state index is 11.5. The van der Waals surface area contributed by atoms with Crippen LogP contribution in [0.1, 0.15) is 12.0 Å². The summed E-state index contributed by atoms with van der Waals surface area (Å²) in [4.78, 5) is 23.7. The first-order chi connectivity index (χ1) is 8.16. The van der Waals surface area contributed by atoms with E-state index in [1.54, 1.807) is 24.3 Å². The molecule has 1 aromatic rings. The fraction of sp³-hybridized carbons (Fsp3) is 0.333. The van der Waals surface area contributed by atoms with Gasteiger partial charge in [-0.25, -0.2) is 4.79 Å². The van der Waals surface area contributed by atoms with E-state index in [4.69, 9.17) is 9.84 Å². The highest BCUT2D eigenvalue weighted by Crippen LogP contribution is 2.20. The first-order valence-electron chi connectivity index (χ1n) is 5.42. The summed E-state index contributed by atoms with van der Waals surface area (Å²) in [5, 5.41) is 8.71. The summed E-state index contributed by atoms with van der Waals surface area (Å²) in [7, 11) is 0. The van der Waals surface area contributed by atoms with Crippen molar-refractivity contribution in [3.8, 4) is 0 Å². The fourth-order valence-corrected chi connectivity index (χ4v) is 1.79. The second kappa shape index (κ2) is 4.86. The number of carboxylic acids is 1. The largest absolute Gasteiger partial charge is 0.481 e. The molecule has 0 saturated carbocycles. The smallest absolute Gasteiger partial charge is 0.414 e. The number of carbonyl (C=O) groups excluding carboxylic acids is 1. The third kappa shape index (κ3) is 2.75. The molecule has 1 aromatic carbocycles. The second-order valence-corrected chi connectivity index (χ2v) is 3.86. The first kappa shape index (κ1) is 11.4. The Bertz CT molecular complexity index is 444. The van der Waals surface area contributed by atoms with Gasteiger partial charge in [0.15, 0.2) is 0 Å². The highest BCUT2D eigenvalue weighted by Gasteiger charge is 2.21. The average molecular weight is 235 g/mol. The first-order valence-corrected chi connectivity index (χ1v) is 5.42. The van der Waals surface area contributed by atoms with Gasteiger partial charge in [-0.15, -0.1) is 0 Å². The normalized spacial score (nSPS) is 15.5. The number of aliphatic carboxylic acids is 1. The molecule has 0 spiro atoms. The highest BCUT2D eigenvalue weighted by atomic mass is 16.6. The summed E-state index contributed by atoms with van der Waals surface area (Å²) in [6.45, 7) is 1.06. The molecule has 90 valence electrons. The zero-order valence-corrected chi connectivity index (χ0v) is 9.26. The molecule has 1 amide bonds. The second-order valence-electron chi connectivity index (χ2n) is 3.86. The van der Waals surface area contributed by atoms with Crippen LogP contribution in [-0.4, -0.2) is 30.3 Å². The number of hydrogen-bond donors (Lipinski definition) is 1. The molecule has 1 aliphatic rings. The van der Waals surface area contributed by atoms with Crippen molar-refractivity contribution in [3.63, 3.8) is 0 Å².